The number of esters is 1. The van der Waals surface area contributed by atoms with Gasteiger partial charge in [0.25, 0.3) is 11.8 Å². The molecule has 0 bridgehead atoms. The maximum absolute atomic E-state index is 12.5. The van der Waals surface area contributed by atoms with Gasteiger partial charge in [-0.2, -0.15) is 0 Å². The van der Waals surface area contributed by atoms with Gasteiger partial charge in [0, 0.05) is 33.6 Å². The van der Waals surface area contributed by atoms with E-state index in [4.69, 9.17) is 5.11 Å². The number of carboxylic acid groups (broad SMARTS) is 1. The highest BCUT2D eigenvalue weighted by Gasteiger charge is 2.13. The lowest BCUT2D eigenvalue weighted by molar-refractivity contribution is 0.0599. The van der Waals surface area contributed by atoms with Crippen molar-refractivity contribution >= 4 is 57.2 Å². The van der Waals surface area contributed by atoms with Crippen molar-refractivity contribution in [1.82, 2.24) is 19.9 Å². The van der Waals surface area contributed by atoms with Crippen molar-refractivity contribution in [2.75, 3.05) is 17.7 Å². The summed E-state index contributed by atoms with van der Waals surface area (Å²) in [7, 11) is 1.32. The molecular weight excluding hydrogens is 697 g/mol. The second kappa shape index (κ2) is 15.8. The number of aromatic amines is 2. The molecule has 0 aliphatic heterocycles. The Labute approximate surface area is 313 Å². The Morgan fingerprint density at radius 2 is 0.945 bits per heavy atom. The highest BCUT2D eigenvalue weighted by atomic mass is 16.5. The molecule has 270 valence electrons. The van der Waals surface area contributed by atoms with Crippen molar-refractivity contribution in [3.63, 3.8) is 0 Å². The molecule has 0 fully saturated rings. The summed E-state index contributed by atoms with van der Waals surface area (Å²) in [4.78, 5) is 63.0. The van der Waals surface area contributed by atoms with Crippen molar-refractivity contribution in [3.8, 4) is 22.8 Å². The van der Waals surface area contributed by atoms with Crippen LogP contribution in [0, 0.1) is 0 Å². The Balaban J connectivity index is 0.000000169. The molecule has 12 nitrogen and oxygen atoms in total. The predicted octanol–water partition coefficient (Wildman–Crippen LogP) is 8.45. The molecule has 0 atom stereocenters. The zero-order valence-electron chi connectivity index (χ0n) is 29.2. The summed E-state index contributed by atoms with van der Waals surface area (Å²) < 4.78 is 4.66. The molecule has 0 aliphatic rings. The number of rotatable bonds is 8. The van der Waals surface area contributed by atoms with Crippen LogP contribution in [-0.2, 0) is 4.74 Å². The molecule has 0 unspecified atom stereocenters. The van der Waals surface area contributed by atoms with E-state index in [1.165, 1.54) is 31.4 Å². The first-order valence-electron chi connectivity index (χ1n) is 17.0. The van der Waals surface area contributed by atoms with Crippen LogP contribution in [0.3, 0.4) is 0 Å². The van der Waals surface area contributed by atoms with Gasteiger partial charge in [0.2, 0.25) is 0 Å². The third-order valence-electron chi connectivity index (χ3n) is 8.53. The highest BCUT2D eigenvalue weighted by Crippen LogP contribution is 2.25. The number of carbonyl (C=O) groups is 4. The number of hydrogen-bond acceptors (Lipinski definition) is 7. The van der Waals surface area contributed by atoms with Gasteiger partial charge < -0.3 is 30.4 Å². The summed E-state index contributed by atoms with van der Waals surface area (Å²) in [6.45, 7) is 0. The number of imidazole rings is 2. The molecule has 0 radical (unpaired) electrons. The number of H-pyrrole nitrogens is 2. The summed E-state index contributed by atoms with van der Waals surface area (Å²) in [5.41, 5.74) is 8.03. The molecular formula is C43H32N6O6. The first-order valence-corrected chi connectivity index (χ1v) is 17.0. The molecule has 2 aromatic heterocycles. The monoisotopic (exact) mass is 728 g/mol. The number of para-hydroxylation sites is 4. The van der Waals surface area contributed by atoms with Crippen LogP contribution in [0.1, 0.15) is 41.4 Å². The molecule has 8 rings (SSSR count). The zero-order chi connectivity index (χ0) is 38.3. The Bertz CT molecular complexity index is 2620. The van der Waals surface area contributed by atoms with Crippen molar-refractivity contribution < 1.29 is 29.0 Å². The number of aromatic carboxylic acids is 1. The van der Waals surface area contributed by atoms with Gasteiger partial charge in [0.15, 0.2) is 0 Å². The first-order chi connectivity index (χ1) is 26.7. The molecule has 2 heterocycles. The summed E-state index contributed by atoms with van der Waals surface area (Å²) in [6, 6.07) is 42.5. The van der Waals surface area contributed by atoms with Gasteiger partial charge in [-0.05, 0) is 97.1 Å². The van der Waals surface area contributed by atoms with Crippen LogP contribution in [0.2, 0.25) is 0 Å². The second-order valence-corrected chi connectivity index (χ2v) is 12.2. The van der Waals surface area contributed by atoms with Gasteiger partial charge in [-0.3, -0.25) is 9.59 Å². The SMILES string of the molecule is COC(=O)c1ccc(C(=O)Nc2cccc(-c3nc4ccccc4[nH]3)c2)cc1.O=C(O)c1ccc(C(=O)Nc2cccc(-c3nc4ccccc4[nH]3)c2)cc1. The average Bonchev–Trinajstić information content (AvgIpc) is 3.86. The van der Waals surface area contributed by atoms with E-state index in [9.17, 15) is 19.2 Å². The maximum Gasteiger partial charge on any atom is 0.337 e. The molecule has 0 saturated carbocycles. The second-order valence-electron chi connectivity index (χ2n) is 12.2. The lowest BCUT2D eigenvalue weighted by Gasteiger charge is -2.07. The summed E-state index contributed by atoms with van der Waals surface area (Å²) >= 11 is 0. The Morgan fingerprint density at radius 1 is 0.527 bits per heavy atom. The molecule has 0 spiro atoms. The highest BCUT2D eigenvalue weighted by molar-refractivity contribution is 6.06. The molecule has 5 N–H and O–H groups in total. The van der Waals surface area contributed by atoms with Gasteiger partial charge in [-0.25, -0.2) is 19.6 Å². The van der Waals surface area contributed by atoms with E-state index in [-0.39, 0.29) is 17.4 Å². The van der Waals surface area contributed by atoms with Crippen molar-refractivity contribution in [2.24, 2.45) is 0 Å². The van der Waals surface area contributed by atoms with Crippen LogP contribution in [0.5, 0.6) is 0 Å². The minimum absolute atomic E-state index is 0.137. The molecule has 6 aromatic carbocycles. The fraction of sp³-hybridized carbons (Fsp3) is 0.0233. The van der Waals surface area contributed by atoms with Crippen molar-refractivity contribution in [3.05, 3.63) is 168 Å². The Kier molecular flexibility index (Phi) is 10.2. The summed E-state index contributed by atoms with van der Waals surface area (Å²) in [6.07, 6.45) is 0. The molecule has 0 aliphatic carbocycles. The molecule has 8 aromatic rings. The minimum atomic E-state index is -1.03. The number of benzene rings is 6. The maximum atomic E-state index is 12.5. The smallest absolute Gasteiger partial charge is 0.337 e. The number of nitrogens with one attached hydrogen (secondary N) is 4. The third kappa shape index (κ3) is 8.29. The van der Waals surface area contributed by atoms with Gasteiger partial charge >= 0.3 is 11.9 Å². The molecule has 0 saturated heterocycles. The fourth-order valence-electron chi connectivity index (χ4n) is 5.71. The molecule has 12 heteroatoms. The number of nitrogens with zero attached hydrogens (tertiary/aromatic N) is 2. The number of amides is 2. The number of carboxylic acids is 1. The van der Waals surface area contributed by atoms with Gasteiger partial charge in [0.05, 0.1) is 40.3 Å². The predicted molar refractivity (Wildman–Crippen MR) is 210 cm³/mol. The lowest BCUT2D eigenvalue weighted by Crippen LogP contribution is -2.12. The van der Waals surface area contributed by atoms with E-state index in [0.29, 0.717) is 28.1 Å². The van der Waals surface area contributed by atoms with E-state index in [2.05, 4.69) is 35.3 Å². The first kappa shape index (κ1) is 35.5. The number of ether oxygens (including phenoxy) is 1. The molecule has 2 amide bonds. The van der Waals surface area contributed by atoms with E-state index < -0.39 is 11.9 Å². The number of aromatic nitrogens is 4. The van der Waals surface area contributed by atoms with Crippen LogP contribution >= 0.6 is 0 Å². The zero-order valence-corrected chi connectivity index (χ0v) is 29.2. The minimum Gasteiger partial charge on any atom is -0.478 e. The van der Waals surface area contributed by atoms with E-state index in [1.807, 2.05) is 91.0 Å². The van der Waals surface area contributed by atoms with Gasteiger partial charge in [0.1, 0.15) is 11.6 Å². The van der Waals surface area contributed by atoms with Crippen LogP contribution in [0.15, 0.2) is 146 Å². The molecule has 55 heavy (non-hydrogen) atoms. The van der Waals surface area contributed by atoms with Crippen LogP contribution in [0.25, 0.3) is 44.8 Å². The number of carbonyl (C=O) groups excluding carboxylic acids is 3. The Hall–Kier alpha value is -7.86. The average molecular weight is 729 g/mol. The quantitative estimate of drug-likeness (QED) is 0.0967. The van der Waals surface area contributed by atoms with Crippen LogP contribution < -0.4 is 10.6 Å². The summed E-state index contributed by atoms with van der Waals surface area (Å²) in [5.74, 6) is -0.587. The van der Waals surface area contributed by atoms with Crippen molar-refractivity contribution in [2.45, 2.75) is 0 Å². The number of anilines is 2. The number of methoxy groups -OCH3 is 1. The normalized spacial score (nSPS) is 10.6. The van der Waals surface area contributed by atoms with Crippen LogP contribution in [0.4, 0.5) is 11.4 Å². The van der Waals surface area contributed by atoms with Gasteiger partial charge in [-0.15, -0.1) is 0 Å². The van der Waals surface area contributed by atoms with Gasteiger partial charge in [-0.1, -0.05) is 48.5 Å². The van der Waals surface area contributed by atoms with Crippen molar-refractivity contribution in [1.29, 1.82) is 0 Å². The summed E-state index contributed by atoms with van der Waals surface area (Å²) in [5, 5.41) is 14.6. The Morgan fingerprint density at radius 3 is 1.36 bits per heavy atom. The van der Waals surface area contributed by atoms with E-state index in [1.54, 1.807) is 30.3 Å². The van der Waals surface area contributed by atoms with E-state index in [0.717, 1.165) is 44.8 Å². The fourth-order valence-corrected chi connectivity index (χ4v) is 5.71. The lowest BCUT2D eigenvalue weighted by atomic mass is 10.1. The van der Waals surface area contributed by atoms with E-state index >= 15 is 0 Å². The largest absolute Gasteiger partial charge is 0.478 e. The number of fused-ring (bicyclic) bond motifs is 2. The standard InChI is InChI=1S/C22H17N3O3.C21H15N3O3/c1-28-22(27)15-11-9-14(10-12-15)21(26)23-17-6-4-5-16(13-17)20-24-18-7-2-3-8-19(18)25-20;25-20(13-8-10-14(11-9-13)21(26)27)22-16-5-3-4-15(12-16)19-23-17-6-1-2-7-18(17)24-19/h2-13H,1H3,(H,23,26)(H,24,25);1-12H,(H,22,25)(H,23,24)(H,26,27). The van der Waals surface area contributed by atoms with Crippen LogP contribution in [-0.4, -0.2) is 55.9 Å². The topological polar surface area (TPSA) is 179 Å². The number of hydrogen-bond donors (Lipinski definition) is 5. The third-order valence-corrected chi connectivity index (χ3v) is 8.53.